The lowest BCUT2D eigenvalue weighted by Crippen LogP contribution is -2.18. The molecular weight excluding hydrogens is 374 g/mol. The lowest BCUT2D eigenvalue weighted by molar-refractivity contribution is 0.0999. The van der Waals surface area contributed by atoms with Crippen LogP contribution in [-0.4, -0.2) is 11.8 Å². The van der Waals surface area contributed by atoms with Gasteiger partial charge < -0.3 is 11.5 Å². The molecule has 0 aromatic heterocycles. The molecule has 20 heavy (non-hydrogen) atoms. The molecule has 4 N–H and O–H groups in total. The van der Waals surface area contributed by atoms with Crippen molar-refractivity contribution in [2.24, 2.45) is 11.5 Å². The van der Waals surface area contributed by atoms with Crippen LogP contribution in [0.15, 0.2) is 36.4 Å². The molecule has 2 rings (SSSR count). The predicted octanol–water partition coefficient (Wildman–Crippen LogP) is 2.30. The second kappa shape index (κ2) is 5.58. The van der Waals surface area contributed by atoms with E-state index in [1.54, 1.807) is 6.07 Å². The third-order valence-electron chi connectivity index (χ3n) is 2.80. The summed E-state index contributed by atoms with van der Waals surface area (Å²) >= 11 is 1.96. The molecule has 0 aliphatic rings. The molecule has 0 bridgehead atoms. The first-order chi connectivity index (χ1) is 9.41. The average Bonchev–Trinajstić information content (AvgIpc) is 2.37. The maximum absolute atomic E-state index is 14.1. The number of nitrogens with two attached hydrogens (primary N) is 2. The van der Waals surface area contributed by atoms with Crippen molar-refractivity contribution in [3.63, 3.8) is 0 Å². The zero-order valence-corrected chi connectivity index (χ0v) is 12.3. The van der Waals surface area contributed by atoms with Crippen LogP contribution in [0.3, 0.4) is 0 Å². The second-order valence-corrected chi connectivity index (χ2v) is 5.33. The van der Waals surface area contributed by atoms with Gasteiger partial charge in [0.15, 0.2) is 0 Å². The summed E-state index contributed by atoms with van der Waals surface area (Å²) in [4.78, 5) is 23.0. The highest BCUT2D eigenvalue weighted by molar-refractivity contribution is 14.1. The van der Waals surface area contributed by atoms with E-state index in [-0.39, 0.29) is 22.3 Å². The molecule has 0 saturated heterocycles. The zero-order valence-electron chi connectivity index (χ0n) is 10.2. The molecule has 2 amide bonds. The van der Waals surface area contributed by atoms with Crippen LogP contribution in [0, 0.1) is 9.39 Å². The molecule has 0 spiro atoms. The van der Waals surface area contributed by atoms with Crippen molar-refractivity contribution in [1.82, 2.24) is 0 Å². The Balaban J connectivity index is 2.83. The number of carbonyl (C=O) groups excluding carboxylic acids is 2. The fourth-order valence-electron chi connectivity index (χ4n) is 1.95. The van der Waals surface area contributed by atoms with Crippen molar-refractivity contribution in [2.75, 3.05) is 0 Å². The van der Waals surface area contributed by atoms with Crippen molar-refractivity contribution in [3.05, 3.63) is 56.9 Å². The van der Waals surface area contributed by atoms with Crippen molar-refractivity contribution >= 4 is 34.4 Å². The van der Waals surface area contributed by atoms with Crippen molar-refractivity contribution in [2.45, 2.75) is 0 Å². The molecule has 4 nitrogen and oxygen atoms in total. The molecule has 0 aliphatic carbocycles. The van der Waals surface area contributed by atoms with Crippen molar-refractivity contribution < 1.29 is 14.0 Å². The minimum absolute atomic E-state index is 0.0569. The van der Waals surface area contributed by atoms with Crippen molar-refractivity contribution in [3.8, 4) is 11.1 Å². The van der Waals surface area contributed by atoms with Crippen LogP contribution in [-0.2, 0) is 0 Å². The number of hydrogen-bond acceptors (Lipinski definition) is 2. The Labute approximate surface area is 128 Å². The molecule has 0 radical (unpaired) electrons. The SMILES string of the molecule is NC(=O)c1cccc(C(N)=O)c1-c1ccc(I)cc1F. The summed E-state index contributed by atoms with van der Waals surface area (Å²) in [6.45, 7) is 0. The maximum Gasteiger partial charge on any atom is 0.249 e. The standard InChI is InChI=1S/C14H10FIN2O2/c15-11-6-7(16)4-5-8(11)12-9(13(17)19)2-1-3-10(12)14(18)20/h1-6H,(H2,17,19)(H2,18,20). The minimum atomic E-state index is -0.749. The van der Waals surface area contributed by atoms with Crippen LogP contribution in [0.2, 0.25) is 0 Å². The summed E-state index contributed by atoms with van der Waals surface area (Å²) in [5.41, 5.74) is 10.9. The number of primary amides is 2. The highest BCUT2D eigenvalue weighted by atomic mass is 127. The van der Waals surface area contributed by atoms with Gasteiger partial charge in [0, 0.05) is 25.8 Å². The van der Waals surface area contributed by atoms with E-state index in [0.29, 0.717) is 3.57 Å². The Kier molecular flexibility index (Phi) is 4.03. The van der Waals surface area contributed by atoms with Crippen LogP contribution >= 0.6 is 22.6 Å². The van der Waals surface area contributed by atoms with Gasteiger partial charge in [0.25, 0.3) is 0 Å². The summed E-state index contributed by atoms with van der Waals surface area (Å²) in [6, 6.07) is 8.81. The van der Waals surface area contributed by atoms with E-state index in [9.17, 15) is 14.0 Å². The van der Waals surface area contributed by atoms with E-state index in [1.165, 1.54) is 30.3 Å². The predicted molar refractivity (Wildman–Crippen MR) is 81.6 cm³/mol. The zero-order chi connectivity index (χ0) is 14.9. The van der Waals surface area contributed by atoms with Gasteiger partial charge in [0.2, 0.25) is 11.8 Å². The number of carbonyl (C=O) groups is 2. The summed E-state index contributed by atoms with van der Waals surface area (Å²) in [7, 11) is 0. The highest BCUT2D eigenvalue weighted by Crippen LogP contribution is 2.30. The summed E-state index contributed by atoms with van der Waals surface area (Å²) in [5, 5.41) is 0. The quantitative estimate of drug-likeness (QED) is 0.796. The first-order valence-electron chi connectivity index (χ1n) is 5.60. The molecule has 0 atom stereocenters. The van der Waals surface area contributed by atoms with E-state index in [4.69, 9.17) is 11.5 Å². The van der Waals surface area contributed by atoms with Gasteiger partial charge in [-0.1, -0.05) is 12.1 Å². The Morgan fingerprint density at radius 3 is 2.00 bits per heavy atom. The molecule has 0 aliphatic heterocycles. The average molecular weight is 384 g/mol. The number of amides is 2. The lowest BCUT2D eigenvalue weighted by Gasteiger charge is -2.12. The van der Waals surface area contributed by atoms with E-state index in [1.807, 2.05) is 22.6 Å². The Hall–Kier alpha value is -1.96. The summed E-state index contributed by atoms with van der Waals surface area (Å²) in [5.74, 6) is -2.05. The number of rotatable bonds is 3. The second-order valence-electron chi connectivity index (χ2n) is 4.08. The molecule has 0 fully saturated rings. The normalized spacial score (nSPS) is 10.3. The van der Waals surface area contributed by atoms with Gasteiger partial charge in [0.05, 0.1) is 0 Å². The van der Waals surface area contributed by atoms with Crippen LogP contribution in [0.4, 0.5) is 4.39 Å². The molecule has 102 valence electrons. The third kappa shape index (κ3) is 2.64. The van der Waals surface area contributed by atoms with Gasteiger partial charge >= 0.3 is 0 Å². The summed E-state index contributed by atoms with van der Waals surface area (Å²) in [6.07, 6.45) is 0. The van der Waals surface area contributed by atoms with E-state index < -0.39 is 17.6 Å². The minimum Gasteiger partial charge on any atom is -0.366 e. The first kappa shape index (κ1) is 14.4. The van der Waals surface area contributed by atoms with Crippen molar-refractivity contribution in [1.29, 1.82) is 0 Å². The Bertz CT molecular complexity index is 684. The molecule has 2 aromatic carbocycles. The highest BCUT2D eigenvalue weighted by Gasteiger charge is 2.20. The topological polar surface area (TPSA) is 86.2 Å². The van der Waals surface area contributed by atoms with Gasteiger partial charge in [-0.05, 0) is 46.9 Å². The maximum atomic E-state index is 14.1. The van der Waals surface area contributed by atoms with Gasteiger partial charge in [-0.3, -0.25) is 9.59 Å². The molecule has 6 heteroatoms. The largest absolute Gasteiger partial charge is 0.366 e. The van der Waals surface area contributed by atoms with Gasteiger partial charge in [-0.25, -0.2) is 4.39 Å². The molecular formula is C14H10FIN2O2. The van der Waals surface area contributed by atoms with Crippen LogP contribution in [0.1, 0.15) is 20.7 Å². The molecule has 0 unspecified atom stereocenters. The Morgan fingerprint density at radius 2 is 1.55 bits per heavy atom. The number of benzene rings is 2. The Morgan fingerprint density at radius 1 is 1.00 bits per heavy atom. The lowest BCUT2D eigenvalue weighted by atomic mass is 9.93. The molecule has 0 heterocycles. The fourth-order valence-corrected chi connectivity index (χ4v) is 2.40. The number of halogens is 2. The smallest absolute Gasteiger partial charge is 0.249 e. The van der Waals surface area contributed by atoms with E-state index >= 15 is 0 Å². The first-order valence-corrected chi connectivity index (χ1v) is 6.67. The molecule has 2 aromatic rings. The van der Waals surface area contributed by atoms with Gasteiger partial charge in [-0.2, -0.15) is 0 Å². The van der Waals surface area contributed by atoms with E-state index in [2.05, 4.69) is 0 Å². The van der Waals surface area contributed by atoms with E-state index in [0.717, 1.165) is 0 Å². The summed E-state index contributed by atoms with van der Waals surface area (Å²) < 4.78 is 14.8. The third-order valence-corrected chi connectivity index (χ3v) is 3.47. The monoisotopic (exact) mass is 384 g/mol. The molecule has 0 saturated carbocycles. The van der Waals surface area contributed by atoms with Crippen LogP contribution < -0.4 is 11.5 Å². The van der Waals surface area contributed by atoms with Gasteiger partial charge in [0.1, 0.15) is 5.82 Å². The van der Waals surface area contributed by atoms with Crippen LogP contribution in [0.5, 0.6) is 0 Å². The number of hydrogen-bond donors (Lipinski definition) is 2. The van der Waals surface area contributed by atoms with Gasteiger partial charge in [-0.15, -0.1) is 0 Å². The fraction of sp³-hybridized carbons (Fsp3) is 0. The van der Waals surface area contributed by atoms with Crippen LogP contribution in [0.25, 0.3) is 11.1 Å².